The minimum Gasteiger partial charge on any atom is -1.00 e. The summed E-state index contributed by atoms with van der Waals surface area (Å²) in [6, 6.07) is 10.6. The van der Waals surface area contributed by atoms with Crippen LogP contribution < -0.4 is 17.0 Å². The number of imidazole rings is 1. The molecule has 3 aromatic heterocycles. The van der Waals surface area contributed by atoms with Crippen molar-refractivity contribution < 1.29 is 26.5 Å². The second-order valence-corrected chi connectivity index (χ2v) is 6.16. The summed E-state index contributed by atoms with van der Waals surface area (Å²) in [5, 5.41) is 2.17. The zero-order valence-electron chi connectivity index (χ0n) is 13.1. The van der Waals surface area contributed by atoms with Crippen molar-refractivity contribution in [2.24, 2.45) is 0 Å². The predicted molar refractivity (Wildman–Crippen MR) is 86.6 cm³/mol. The minimum absolute atomic E-state index is 0. The number of rotatable bonds is 2. The Labute approximate surface area is 144 Å². The summed E-state index contributed by atoms with van der Waals surface area (Å²) >= 11 is 0. The molecule has 1 fully saturated rings. The molecule has 24 heavy (non-hydrogen) atoms. The average Bonchev–Trinajstić information content (AvgIpc) is 3.22. The van der Waals surface area contributed by atoms with Crippen molar-refractivity contribution in [1.82, 2.24) is 9.38 Å². The van der Waals surface area contributed by atoms with Crippen LogP contribution in [0.3, 0.4) is 0 Å². The van der Waals surface area contributed by atoms with E-state index in [9.17, 15) is 4.79 Å². The van der Waals surface area contributed by atoms with Gasteiger partial charge in [-0.1, -0.05) is 18.2 Å². The number of ether oxygens (including phenoxy) is 1. The Balaban J connectivity index is 0.00000146. The predicted octanol–water partition coefficient (Wildman–Crippen LogP) is -0.0132. The molecule has 0 amide bonds. The number of nitrogens with zero attached hydrogens (tertiary/aromatic N) is 2. The largest absolute Gasteiger partial charge is 1.00 e. The van der Waals surface area contributed by atoms with Crippen LogP contribution in [0.15, 0.2) is 42.9 Å². The van der Waals surface area contributed by atoms with Gasteiger partial charge in [0.2, 0.25) is 12.0 Å². The van der Waals surface area contributed by atoms with Gasteiger partial charge < -0.3 is 22.1 Å². The maximum atomic E-state index is 12.3. The quantitative estimate of drug-likeness (QED) is 0.412. The van der Waals surface area contributed by atoms with Crippen molar-refractivity contribution in [3.05, 3.63) is 48.5 Å². The number of carbonyl (C=O) groups is 1. The average molecular weight is 342 g/mol. The molecule has 0 aliphatic heterocycles. The van der Waals surface area contributed by atoms with Crippen LogP contribution in [0.4, 0.5) is 0 Å². The number of methoxy groups -OCH3 is 1. The molecule has 0 atom stereocenters. The lowest BCUT2D eigenvalue weighted by Gasteiger charge is -1.99. The number of aromatic nitrogens is 3. The summed E-state index contributed by atoms with van der Waals surface area (Å²) in [5.74, 6) is -0.319. The van der Waals surface area contributed by atoms with E-state index in [2.05, 4.69) is 27.9 Å². The van der Waals surface area contributed by atoms with Crippen molar-refractivity contribution in [2.75, 3.05) is 7.11 Å². The van der Waals surface area contributed by atoms with Gasteiger partial charge in [0, 0.05) is 22.4 Å². The Bertz CT molecular complexity index is 1090. The number of benzene rings is 1. The smallest absolute Gasteiger partial charge is 0.378 e. The number of carbonyl (C=O) groups excluding carboxylic acids is 1. The van der Waals surface area contributed by atoms with Crippen LogP contribution in [0.25, 0.3) is 27.3 Å². The van der Waals surface area contributed by atoms with Gasteiger partial charge in [0.15, 0.2) is 5.52 Å². The third-order valence-electron chi connectivity index (χ3n) is 4.69. The van der Waals surface area contributed by atoms with E-state index >= 15 is 0 Å². The van der Waals surface area contributed by atoms with Crippen LogP contribution in [-0.2, 0) is 4.74 Å². The number of pyridine rings is 1. The molecule has 0 radical (unpaired) electrons. The number of nitrogens with one attached hydrogen (secondary N) is 1. The van der Waals surface area contributed by atoms with E-state index in [1.807, 2.05) is 28.9 Å². The van der Waals surface area contributed by atoms with Crippen LogP contribution in [0, 0.1) is 0 Å². The second-order valence-electron chi connectivity index (χ2n) is 6.16. The molecule has 122 valence electrons. The number of halogens is 1. The standard InChI is InChI=1S/C18H15N3O2.ClH/c1-23-18(22)15-8-13-12-4-2-3-5-14(12)19-17(13)16-9-20(10-21(15)16)11-6-7-11;/h2-5,8-11H,6-7H2,1H3;1H. The van der Waals surface area contributed by atoms with Gasteiger partial charge in [0.25, 0.3) is 0 Å². The molecule has 1 aliphatic rings. The summed E-state index contributed by atoms with van der Waals surface area (Å²) < 4.78 is 9.12. The molecular formula is C18H16ClN3O2. The van der Waals surface area contributed by atoms with Gasteiger partial charge in [-0.3, -0.25) is 0 Å². The molecule has 1 saturated carbocycles. The number of esters is 1. The van der Waals surface area contributed by atoms with E-state index < -0.39 is 0 Å². The first-order valence-corrected chi connectivity index (χ1v) is 7.81. The fourth-order valence-corrected chi connectivity index (χ4v) is 3.37. The Morgan fingerprint density at radius 1 is 1.29 bits per heavy atom. The topological polar surface area (TPSA) is 50.4 Å². The highest BCUT2D eigenvalue weighted by atomic mass is 35.5. The summed E-state index contributed by atoms with van der Waals surface area (Å²) in [5.41, 5.74) is 3.69. The van der Waals surface area contributed by atoms with E-state index in [-0.39, 0.29) is 18.4 Å². The highest BCUT2D eigenvalue weighted by molar-refractivity contribution is 6.13. The molecule has 0 unspecified atom stereocenters. The highest BCUT2D eigenvalue weighted by Crippen LogP contribution is 2.32. The van der Waals surface area contributed by atoms with Crippen LogP contribution in [0.2, 0.25) is 0 Å². The van der Waals surface area contributed by atoms with E-state index in [1.54, 1.807) is 0 Å². The molecule has 0 spiro atoms. The molecule has 1 N–H and O–H groups in total. The number of para-hydroxylation sites is 1. The summed E-state index contributed by atoms with van der Waals surface area (Å²) in [4.78, 5) is 15.8. The van der Waals surface area contributed by atoms with Crippen LogP contribution in [-0.4, -0.2) is 22.5 Å². The Morgan fingerprint density at radius 3 is 2.83 bits per heavy atom. The number of hydrogen-bond donors (Lipinski definition) is 1. The Morgan fingerprint density at radius 2 is 2.08 bits per heavy atom. The van der Waals surface area contributed by atoms with Gasteiger partial charge in [0.1, 0.15) is 12.2 Å². The maximum Gasteiger partial charge on any atom is 0.378 e. The van der Waals surface area contributed by atoms with Crippen molar-refractivity contribution in [3.63, 3.8) is 0 Å². The number of aromatic amines is 1. The molecule has 0 bridgehead atoms. The molecule has 4 aromatic rings. The fourth-order valence-electron chi connectivity index (χ4n) is 3.37. The number of fused-ring (bicyclic) bond motifs is 5. The lowest BCUT2D eigenvalue weighted by Crippen LogP contribution is -3.00. The summed E-state index contributed by atoms with van der Waals surface area (Å²) in [6.07, 6.45) is 6.53. The molecule has 1 aromatic carbocycles. The Hall–Kier alpha value is -2.53. The molecule has 5 nitrogen and oxygen atoms in total. The first-order chi connectivity index (χ1) is 11.3. The molecule has 5 rings (SSSR count). The number of hydrogen-bond acceptors (Lipinski definition) is 2. The fraction of sp³-hybridized carbons (Fsp3) is 0.222. The maximum absolute atomic E-state index is 12.3. The zero-order valence-corrected chi connectivity index (χ0v) is 13.9. The summed E-state index contributed by atoms with van der Waals surface area (Å²) in [7, 11) is 1.42. The molecule has 3 heterocycles. The van der Waals surface area contributed by atoms with Crippen molar-refractivity contribution in [2.45, 2.75) is 18.9 Å². The van der Waals surface area contributed by atoms with Crippen molar-refractivity contribution in [3.8, 4) is 0 Å². The van der Waals surface area contributed by atoms with Gasteiger partial charge >= 0.3 is 5.97 Å². The zero-order chi connectivity index (χ0) is 15.6. The molecule has 6 heteroatoms. The van der Waals surface area contributed by atoms with Gasteiger partial charge in [-0.15, -0.1) is 0 Å². The van der Waals surface area contributed by atoms with Gasteiger partial charge in [0.05, 0.1) is 12.6 Å². The first kappa shape index (κ1) is 15.0. The first-order valence-electron chi connectivity index (χ1n) is 7.81. The second kappa shape index (κ2) is 5.24. The third kappa shape index (κ3) is 2.01. The lowest BCUT2D eigenvalue weighted by atomic mass is 10.1. The van der Waals surface area contributed by atoms with Gasteiger partial charge in [-0.2, -0.15) is 4.40 Å². The van der Waals surface area contributed by atoms with E-state index in [0.29, 0.717) is 11.7 Å². The van der Waals surface area contributed by atoms with Gasteiger partial charge in [-0.25, -0.2) is 9.36 Å². The number of H-pyrrole nitrogens is 1. The highest BCUT2D eigenvalue weighted by Gasteiger charge is 2.31. The van der Waals surface area contributed by atoms with Crippen LogP contribution in [0.1, 0.15) is 29.4 Å². The Kier molecular flexibility index (Phi) is 3.28. The van der Waals surface area contributed by atoms with E-state index in [0.717, 1.165) is 27.3 Å². The van der Waals surface area contributed by atoms with Crippen LogP contribution >= 0.6 is 0 Å². The van der Waals surface area contributed by atoms with Crippen molar-refractivity contribution >= 4 is 33.3 Å². The minimum atomic E-state index is -0.319. The molecule has 1 aliphatic carbocycles. The molecule has 0 saturated heterocycles. The van der Waals surface area contributed by atoms with Crippen molar-refractivity contribution in [1.29, 1.82) is 0 Å². The lowest BCUT2D eigenvalue weighted by molar-refractivity contribution is -0.699. The van der Waals surface area contributed by atoms with Gasteiger partial charge in [-0.05, 0) is 18.9 Å². The monoisotopic (exact) mass is 341 g/mol. The van der Waals surface area contributed by atoms with E-state index in [4.69, 9.17) is 4.74 Å². The van der Waals surface area contributed by atoms with Crippen LogP contribution in [0.5, 0.6) is 0 Å². The molecular weight excluding hydrogens is 326 g/mol. The summed E-state index contributed by atoms with van der Waals surface area (Å²) in [6.45, 7) is 0. The third-order valence-corrected chi connectivity index (χ3v) is 4.69. The normalized spacial score (nSPS) is 14.2. The SMILES string of the molecule is COC(=O)c1cc2c3ccccc3[nH]c2c2c[n+](C3CC3)cn12.[Cl-]. The van der Waals surface area contributed by atoms with E-state index in [1.165, 1.54) is 20.0 Å².